The van der Waals surface area contributed by atoms with Crippen LogP contribution in [0.15, 0.2) is 52.5 Å². The highest BCUT2D eigenvalue weighted by molar-refractivity contribution is 7.98. The zero-order valence-corrected chi connectivity index (χ0v) is 19.3. The van der Waals surface area contributed by atoms with Crippen molar-refractivity contribution in [2.24, 2.45) is 0 Å². The van der Waals surface area contributed by atoms with Crippen LogP contribution in [-0.4, -0.2) is 58.6 Å². The zero-order chi connectivity index (χ0) is 22.9. The summed E-state index contributed by atoms with van der Waals surface area (Å²) in [4.78, 5) is 42.6. The van der Waals surface area contributed by atoms with E-state index in [-0.39, 0.29) is 24.6 Å². The number of carbonyl (C=O) groups excluding carboxylic acids is 2. The lowest BCUT2D eigenvalue weighted by Crippen LogP contribution is -2.43. The Bertz CT molecular complexity index is 925. The largest absolute Gasteiger partial charge is 0.459 e. The Morgan fingerprint density at radius 1 is 1.19 bits per heavy atom. The molecule has 0 aliphatic rings. The minimum atomic E-state index is -0.626. The molecule has 0 bridgehead atoms. The number of likely N-dealkylation sites (N-methyl/N-ethyl adjacent to an activating group) is 1. The van der Waals surface area contributed by atoms with Crippen LogP contribution < -0.4 is 10.9 Å². The van der Waals surface area contributed by atoms with Crippen LogP contribution in [0.2, 0.25) is 0 Å². The standard InChI is InChI=1S/C22H30N4O4S/c1-22(2,3)30-20(29)15-25(13-11-23-4)19(28)14-26-12-10-18(27)24-21(26)31-16-17-8-6-5-7-9-17/h5-10,12,23H,11,13-16H2,1-4H3. The average Bonchev–Trinajstić information content (AvgIpc) is 2.70. The number of esters is 1. The lowest BCUT2D eigenvalue weighted by Gasteiger charge is -2.25. The van der Waals surface area contributed by atoms with Gasteiger partial charge in [0.25, 0.3) is 5.56 Å². The molecule has 0 saturated carbocycles. The first-order valence-electron chi connectivity index (χ1n) is 10.1. The predicted octanol–water partition coefficient (Wildman–Crippen LogP) is 1.93. The number of aromatic nitrogens is 2. The molecular weight excluding hydrogens is 416 g/mol. The molecule has 0 radical (unpaired) electrons. The van der Waals surface area contributed by atoms with Crippen LogP contribution in [0.4, 0.5) is 0 Å². The van der Waals surface area contributed by atoms with Crippen molar-refractivity contribution < 1.29 is 14.3 Å². The summed E-state index contributed by atoms with van der Waals surface area (Å²) < 4.78 is 7.00. The van der Waals surface area contributed by atoms with Gasteiger partial charge in [0.15, 0.2) is 5.16 Å². The maximum Gasteiger partial charge on any atom is 0.326 e. The highest BCUT2D eigenvalue weighted by atomic mass is 32.2. The normalized spacial score (nSPS) is 11.2. The Balaban J connectivity index is 2.12. The Morgan fingerprint density at radius 2 is 1.90 bits per heavy atom. The zero-order valence-electron chi connectivity index (χ0n) is 18.5. The van der Waals surface area contributed by atoms with Gasteiger partial charge < -0.3 is 19.5 Å². The Labute approximate surface area is 187 Å². The van der Waals surface area contributed by atoms with Crippen molar-refractivity contribution in [1.82, 2.24) is 19.8 Å². The minimum absolute atomic E-state index is 0.0308. The third kappa shape index (κ3) is 8.94. The first-order valence-corrected chi connectivity index (χ1v) is 11.0. The van der Waals surface area contributed by atoms with E-state index in [4.69, 9.17) is 4.74 Å². The number of benzene rings is 1. The number of ether oxygens (including phenoxy) is 1. The summed E-state index contributed by atoms with van der Waals surface area (Å²) in [6.45, 7) is 6.07. The van der Waals surface area contributed by atoms with Crippen molar-refractivity contribution >= 4 is 23.6 Å². The molecule has 31 heavy (non-hydrogen) atoms. The van der Waals surface area contributed by atoms with Gasteiger partial charge in [0.2, 0.25) is 5.91 Å². The average molecular weight is 447 g/mol. The van der Waals surface area contributed by atoms with E-state index in [0.29, 0.717) is 24.0 Å². The predicted molar refractivity (Wildman–Crippen MR) is 121 cm³/mol. The van der Waals surface area contributed by atoms with Crippen molar-refractivity contribution in [1.29, 1.82) is 0 Å². The SMILES string of the molecule is CNCCN(CC(=O)OC(C)(C)C)C(=O)Cn1ccc(=O)nc1SCc1ccccc1. The second-order valence-corrected chi connectivity index (χ2v) is 8.90. The van der Waals surface area contributed by atoms with Crippen LogP contribution in [0.1, 0.15) is 26.3 Å². The molecule has 1 aromatic carbocycles. The summed E-state index contributed by atoms with van der Waals surface area (Å²) in [6, 6.07) is 11.1. The molecule has 2 aromatic rings. The van der Waals surface area contributed by atoms with E-state index in [9.17, 15) is 14.4 Å². The van der Waals surface area contributed by atoms with Gasteiger partial charge in [-0.15, -0.1) is 0 Å². The Hall–Kier alpha value is -2.65. The highest BCUT2D eigenvalue weighted by Gasteiger charge is 2.22. The molecule has 1 heterocycles. The number of nitrogens with zero attached hydrogens (tertiary/aromatic N) is 3. The van der Waals surface area contributed by atoms with Gasteiger partial charge in [-0.05, 0) is 33.4 Å². The fourth-order valence-corrected chi connectivity index (χ4v) is 3.62. The lowest BCUT2D eigenvalue weighted by molar-refractivity contribution is -0.159. The number of rotatable bonds is 10. The molecule has 2 rings (SSSR count). The number of nitrogens with one attached hydrogen (secondary N) is 1. The van der Waals surface area contributed by atoms with E-state index in [0.717, 1.165) is 5.56 Å². The molecular formula is C22H30N4O4S. The maximum atomic E-state index is 13.0. The molecule has 0 atom stereocenters. The van der Waals surface area contributed by atoms with Crippen LogP contribution in [0.25, 0.3) is 0 Å². The van der Waals surface area contributed by atoms with Crippen molar-refractivity contribution in [3.63, 3.8) is 0 Å². The molecule has 0 unspecified atom stereocenters. The van der Waals surface area contributed by atoms with Crippen LogP contribution in [0.3, 0.4) is 0 Å². The number of thioether (sulfide) groups is 1. The Morgan fingerprint density at radius 3 is 2.55 bits per heavy atom. The van der Waals surface area contributed by atoms with Gasteiger partial charge >= 0.3 is 5.97 Å². The first kappa shape index (κ1) is 24.6. The molecule has 168 valence electrons. The summed E-state index contributed by atoms with van der Waals surface area (Å²) in [6.07, 6.45) is 1.56. The van der Waals surface area contributed by atoms with Gasteiger partial charge in [-0.3, -0.25) is 14.4 Å². The number of amides is 1. The molecule has 1 aromatic heterocycles. The molecule has 1 N–H and O–H groups in total. The van der Waals surface area contributed by atoms with Crippen molar-refractivity contribution in [2.45, 2.75) is 43.8 Å². The van der Waals surface area contributed by atoms with E-state index >= 15 is 0 Å². The first-order chi connectivity index (χ1) is 14.7. The summed E-state index contributed by atoms with van der Waals surface area (Å²) in [5, 5.41) is 3.44. The van der Waals surface area contributed by atoms with Crippen LogP contribution in [-0.2, 0) is 26.6 Å². The maximum absolute atomic E-state index is 13.0. The molecule has 0 aliphatic heterocycles. The number of hydrogen-bond donors (Lipinski definition) is 1. The topological polar surface area (TPSA) is 93.5 Å². The monoisotopic (exact) mass is 446 g/mol. The summed E-state index contributed by atoms with van der Waals surface area (Å²) in [7, 11) is 1.78. The number of hydrogen-bond acceptors (Lipinski definition) is 7. The van der Waals surface area contributed by atoms with Gasteiger partial charge in [0.1, 0.15) is 18.7 Å². The van der Waals surface area contributed by atoms with E-state index in [2.05, 4.69) is 10.3 Å². The smallest absolute Gasteiger partial charge is 0.326 e. The van der Waals surface area contributed by atoms with Crippen molar-refractivity contribution in [3.05, 3.63) is 58.5 Å². The fraction of sp³-hybridized carbons (Fsp3) is 0.455. The molecule has 9 heteroatoms. The van der Waals surface area contributed by atoms with Gasteiger partial charge in [0, 0.05) is 31.1 Å². The summed E-state index contributed by atoms with van der Waals surface area (Å²) in [5.41, 5.74) is 0.0997. The lowest BCUT2D eigenvalue weighted by atomic mass is 10.2. The fourth-order valence-electron chi connectivity index (χ4n) is 2.68. The van der Waals surface area contributed by atoms with Gasteiger partial charge in [0.05, 0.1) is 0 Å². The second kappa shape index (κ2) is 11.7. The molecule has 8 nitrogen and oxygen atoms in total. The van der Waals surface area contributed by atoms with E-state index in [1.165, 1.54) is 22.7 Å². The molecule has 1 amide bonds. The molecule has 0 fully saturated rings. The van der Waals surface area contributed by atoms with Gasteiger partial charge in [-0.25, -0.2) is 0 Å². The van der Waals surface area contributed by atoms with Gasteiger partial charge in [-0.1, -0.05) is 42.1 Å². The van der Waals surface area contributed by atoms with Crippen molar-refractivity contribution in [2.75, 3.05) is 26.7 Å². The number of carbonyl (C=O) groups is 2. The highest BCUT2D eigenvalue weighted by Crippen LogP contribution is 2.20. The molecule has 0 spiro atoms. The second-order valence-electron chi connectivity index (χ2n) is 7.96. The quantitative estimate of drug-likeness (QED) is 0.339. The third-order valence-corrected chi connectivity index (χ3v) is 5.15. The molecule has 0 saturated heterocycles. The van der Waals surface area contributed by atoms with Crippen LogP contribution in [0.5, 0.6) is 0 Å². The summed E-state index contributed by atoms with van der Waals surface area (Å²) >= 11 is 1.38. The minimum Gasteiger partial charge on any atom is -0.459 e. The van der Waals surface area contributed by atoms with Crippen LogP contribution in [0, 0.1) is 0 Å². The van der Waals surface area contributed by atoms with E-state index in [1.54, 1.807) is 38.6 Å². The van der Waals surface area contributed by atoms with E-state index < -0.39 is 11.6 Å². The third-order valence-electron chi connectivity index (χ3n) is 4.09. The summed E-state index contributed by atoms with van der Waals surface area (Å²) in [5.74, 6) is -0.103. The van der Waals surface area contributed by atoms with Gasteiger partial charge in [-0.2, -0.15) is 4.98 Å². The van der Waals surface area contributed by atoms with Crippen molar-refractivity contribution in [3.8, 4) is 0 Å². The Kier molecular flexibility index (Phi) is 9.26. The van der Waals surface area contributed by atoms with E-state index in [1.807, 2.05) is 30.3 Å². The van der Waals surface area contributed by atoms with Crippen LogP contribution >= 0.6 is 11.8 Å². The molecule has 0 aliphatic carbocycles.